The standard InChI is InChI=1S/C19H21FN6O2/c20-14-1-2-16-13(9-14)10-15(24-16)11-23-18(27)19(28)26-7-5-25(6-8-26)12-17-21-3-4-22-17/h1-4,9-10,24H,5-8,11-12H2,(H,21,22)(H,23,27). The van der Waals surface area contributed by atoms with E-state index in [1.54, 1.807) is 29.4 Å². The monoisotopic (exact) mass is 384 g/mol. The number of hydrogen-bond acceptors (Lipinski definition) is 4. The lowest BCUT2D eigenvalue weighted by molar-refractivity contribution is -0.147. The first-order valence-corrected chi connectivity index (χ1v) is 9.13. The van der Waals surface area contributed by atoms with Crippen LogP contribution in [-0.4, -0.2) is 62.7 Å². The number of aromatic nitrogens is 3. The van der Waals surface area contributed by atoms with Gasteiger partial charge in [0.1, 0.15) is 11.6 Å². The van der Waals surface area contributed by atoms with Crippen LogP contribution >= 0.6 is 0 Å². The average molecular weight is 384 g/mol. The highest BCUT2D eigenvalue weighted by Crippen LogP contribution is 2.16. The third-order valence-corrected chi connectivity index (χ3v) is 4.86. The van der Waals surface area contributed by atoms with Gasteiger partial charge in [0, 0.05) is 55.2 Å². The predicted molar refractivity (Wildman–Crippen MR) is 101 cm³/mol. The number of carbonyl (C=O) groups is 2. The van der Waals surface area contributed by atoms with Crippen molar-refractivity contribution in [3.63, 3.8) is 0 Å². The van der Waals surface area contributed by atoms with Crippen molar-refractivity contribution >= 4 is 22.7 Å². The quantitative estimate of drug-likeness (QED) is 0.585. The van der Waals surface area contributed by atoms with E-state index in [1.165, 1.54) is 12.1 Å². The number of hydrogen-bond donors (Lipinski definition) is 3. The molecule has 0 spiro atoms. The van der Waals surface area contributed by atoms with Gasteiger partial charge in [-0.25, -0.2) is 9.37 Å². The number of amides is 2. The molecule has 1 aliphatic rings. The van der Waals surface area contributed by atoms with E-state index in [9.17, 15) is 14.0 Å². The number of piperazine rings is 1. The van der Waals surface area contributed by atoms with Gasteiger partial charge in [0.25, 0.3) is 0 Å². The summed E-state index contributed by atoms with van der Waals surface area (Å²) >= 11 is 0. The molecule has 4 rings (SSSR count). The molecule has 2 aromatic heterocycles. The van der Waals surface area contributed by atoms with Gasteiger partial charge in [-0.2, -0.15) is 0 Å². The molecule has 28 heavy (non-hydrogen) atoms. The van der Waals surface area contributed by atoms with Crippen LogP contribution in [0.25, 0.3) is 10.9 Å². The van der Waals surface area contributed by atoms with E-state index < -0.39 is 11.8 Å². The van der Waals surface area contributed by atoms with E-state index >= 15 is 0 Å². The number of H-pyrrole nitrogens is 2. The van der Waals surface area contributed by atoms with Crippen molar-refractivity contribution in [2.45, 2.75) is 13.1 Å². The molecule has 0 aliphatic carbocycles. The first kappa shape index (κ1) is 18.2. The number of benzene rings is 1. The highest BCUT2D eigenvalue weighted by molar-refractivity contribution is 6.35. The fourth-order valence-electron chi connectivity index (χ4n) is 3.36. The number of nitrogens with one attached hydrogen (secondary N) is 3. The van der Waals surface area contributed by atoms with Crippen LogP contribution in [0, 0.1) is 5.82 Å². The third-order valence-electron chi connectivity index (χ3n) is 4.86. The van der Waals surface area contributed by atoms with Gasteiger partial charge < -0.3 is 20.2 Å². The molecule has 3 N–H and O–H groups in total. The maximum absolute atomic E-state index is 13.3. The first-order valence-electron chi connectivity index (χ1n) is 9.13. The molecule has 0 saturated carbocycles. The smallest absolute Gasteiger partial charge is 0.311 e. The third kappa shape index (κ3) is 4.04. The summed E-state index contributed by atoms with van der Waals surface area (Å²) in [4.78, 5) is 38.7. The van der Waals surface area contributed by atoms with E-state index in [0.717, 1.165) is 16.7 Å². The number of halogens is 1. The SMILES string of the molecule is O=C(NCc1cc2cc(F)ccc2[nH]1)C(=O)N1CCN(Cc2ncc[nH]2)CC1. The van der Waals surface area contributed by atoms with E-state index in [1.807, 2.05) is 0 Å². The highest BCUT2D eigenvalue weighted by Gasteiger charge is 2.26. The van der Waals surface area contributed by atoms with Crippen LogP contribution in [0.2, 0.25) is 0 Å². The Labute approximate surface area is 160 Å². The van der Waals surface area contributed by atoms with Gasteiger partial charge >= 0.3 is 11.8 Å². The summed E-state index contributed by atoms with van der Waals surface area (Å²) in [5, 5.41) is 3.36. The normalized spacial score (nSPS) is 15.1. The molecular formula is C19H21FN6O2. The fraction of sp³-hybridized carbons (Fsp3) is 0.316. The molecule has 3 aromatic rings. The van der Waals surface area contributed by atoms with Crippen molar-refractivity contribution in [2.75, 3.05) is 26.2 Å². The fourth-order valence-corrected chi connectivity index (χ4v) is 3.36. The second kappa shape index (κ2) is 7.81. The molecule has 146 valence electrons. The molecule has 0 radical (unpaired) electrons. The maximum Gasteiger partial charge on any atom is 0.311 e. The Kier molecular flexibility index (Phi) is 5.07. The van der Waals surface area contributed by atoms with Crippen molar-refractivity contribution < 1.29 is 14.0 Å². The molecule has 0 atom stereocenters. The zero-order chi connectivity index (χ0) is 19.5. The van der Waals surface area contributed by atoms with Crippen molar-refractivity contribution in [1.29, 1.82) is 0 Å². The number of imidazole rings is 1. The minimum Gasteiger partial charge on any atom is -0.357 e. The minimum absolute atomic E-state index is 0.180. The van der Waals surface area contributed by atoms with E-state index in [-0.39, 0.29) is 12.4 Å². The molecular weight excluding hydrogens is 363 g/mol. The van der Waals surface area contributed by atoms with Crippen LogP contribution in [0.4, 0.5) is 4.39 Å². The maximum atomic E-state index is 13.3. The van der Waals surface area contributed by atoms with E-state index in [0.29, 0.717) is 38.4 Å². The Bertz CT molecular complexity index is 976. The second-order valence-corrected chi connectivity index (χ2v) is 6.81. The van der Waals surface area contributed by atoms with Crippen molar-refractivity contribution in [1.82, 2.24) is 30.1 Å². The Morgan fingerprint density at radius 2 is 2.00 bits per heavy atom. The zero-order valence-corrected chi connectivity index (χ0v) is 15.2. The van der Waals surface area contributed by atoms with E-state index in [2.05, 4.69) is 25.2 Å². The van der Waals surface area contributed by atoms with Crippen LogP contribution < -0.4 is 5.32 Å². The van der Waals surface area contributed by atoms with Gasteiger partial charge in [0.2, 0.25) is 0 Å². The second-order valence-electron chi connectivity index (χ2n) is 6.81. The van der Waals surface area contributed by atoms with Crippen LogP contribution in [0.15, 0.2) is 36.7 Å². The molecule has 0 unspecified atom stereocenters. The lowest BCUT2D eigenvalue weighted by Crippen LogP contribution is -2.52. The summed E-state index contributed by atoms with van der Waals surface area (Å²) in [6.45, 7) is 3.25. The highest BCUT2D eigenvalue weighted by atomic mass is 19.1. The summed E-state index contributed by atoms with van der Waals surface area (Å²) in [5.74, 6) is -0.594. The molecule has 9 heteroatoms. The van der Waals surface area contributed by atoms with Gasteiger partial charge in [0.15, 0.2) is 0 Å². The van der Waals surface area contributed by atoms with Crippen molar-refractivity contribution in [2.24, 2.45) is 0 Å². The number of fused-ring (bicyclic) bond motifs is 1. The molecule has 2 amide bonds. The summed E-state index contributed by atoms with van der Waals surface area (Å²) in [7, 11) is 0. The first-order chi connectivity index (χ1) is 13.6. The number of rotatable bonds is 4. The predicted octanol–water partition coefficient (Wildman–Crippen LogP) is 0.991. The number of aromatic amines is 2. The number of carbonyl (C=O) groups excluding carboxylic acids is 2. The van der Waals surface area contributed by atoms with Crippen molar-refractivity contribution in [3.8, 4) is 0 Å². The Hall–Kier alpha value is -3.20. The van der Waals surface area contributed by atoms with Crippen LogP contribution in [0.3, 0.4) is 0 Å². The Morgan fingerprint density at radius 3 is 2.75 bits per heavy atom. The Balaban J connectivity index is 1.27. The molecule has 0 bridgehead atoms. The molecule has 3 heterocycles. The molecule has 1 saturated heterocycles. The van der Waals surface area contributed by atoms with Gasteiger partial charge in [0.05, 0.1) is 13.1 Å². The summed E-state index contributed by atoms with van der Waals surface area (Å²) in [6, 6.07) is 6.20. The topological polar surface area (TPSA) is 97.1 Å². The Morgan fingerprint density at radius 1 is 1.18 bits per heavy atom. The van der Waals surface area contributed by atoms with Crippen LogP contribution in [0.5, 0.6) is 0 Å². The van der Waals surface area contributed by atoms with E-state index in [4.69, 9.17) is 0 Å². The summed E-state index contributed by atoms with van der Waals surface area (Å²) in [5.41, 5.74) is 1.50. The minimum atomic E-state index is -0.635. The molecule has 1 aliphatic heterocycles. The summed E-state index contributed by atoms with van der Waals surface area (Å²) in [6.07, 6.45) is 3.49. The molecule has 1 fully saturated rings. The van der Waals surface area contributed by atoms with Crippen molar-refractivity contribution in [3.05, 3.63) is 54.0 Å². The lowest BCUT2D eigenvalue weighted by atomic mass is 10.2. The zero-order valence-electron chi connectivity index (χ0n) is 15.2. The number of nitrogens with zero attached hydrogens (tertiary/aromatic N) is 3. The van der Waals surface area contributed by atoms with Crippen LogP contribution in [-0.2, 0) is 22.7 Å². The van der Waals surface area contributed by atoms with Gasteiger partial charge in [-0.3, -0.25) is 14.5 Å². The largest absolute Gasteiger partial charge is 0.357 e. The molecule has 1 aromatic carbocycles. The molecule has 8 nitrogen and oxygen atoms in total. The summed E-state index contributed by atoms with van der Waals surface area (Å²) < 4.78 is 13.3. The van der Waals surface area contributed by atoms with Crippen LogP contribution in [0.1, 0.15) is 11.5 Å². The van der Waals surface area contributed by atoms with Gasteiger partial charge in [-0.1, -0.05) is 0 Å². The van der Waals surface area contributed by atoms with Gasteiger partial charge in [-0.05, 0) is 24.3 Å². The average Bonchev–Trinajstić information content (AvgIpc) is 3.35. The van der Waals surface area contributed by atoms with Gasteiger partial charge in [-0.15, -0.1) is 0 Å². The lowest BCUT2D eigenvalue weighted by Gasteiger charge is -2.33.